The van der Waals surface area contributed by atoms with Gasteiger partial charge in [-0.15, -0.1) is 0 Å². The van der Waals surface area contributed by atoms with Gasteiger partial charge in [0, 0.05) is 32.9 Å². The highest BCUT2D eigenvalue weighted by atomic mass is 35.5. The maximum absolute atomic E-state index is 13.0. The summed E-state index contributed by atoms with van der Waals surface area (Å²) in [6.45, 7) is 4.43. The molecule has 1 aromatic heterocycles. The highest BCUT2D eigenvalue weighted by Gasteiger charge is 2.29. The lowest BCUT2D eigenvalue weighted by molar-refractivity contribution is 0.0624. The first-order valence-electron chi connectivity index (χ1n) is 8.02. The topological polar surface area (TPSA) is 37.3 Å². The number of carbonyl (C=O) groups is 1. The van der Waals surface area contributed by atoms with Crippen molar-refractivity contribution in [3.05, 3.63) is 58.4 Å². The summed E-state index contributed by atoms with van der Waals surface area (Å²) in [5.74, 6) is 0.0328. The van der Waals surface area contributed by atoms with Crippen LogP contribution in [0.5, 0.6) is 0 Å². The average molecular weight is 332 g/mol. The number of aryl methyl sites for hydroxylation is 2. The van der Waals surface area contributed by atoms with Crippen molar-refractivity contribution in [3.63, 3.8) is 0 Å². The van der Waals surface area contributed by atoms with E-state index in [1.807, 2.05) is 11.9 Å². The van der Waals surface area contributed by atoms with E-state index < -0.39 is 0 Å². The molecule has 1 amide bonds. The third-order valence-corrected chi connectivity index (χ3v) is 4.67. The molecule has 2 heterocycles. The number of carbonyl (C=O) groups excluding carboxylic acids is 1. The Kier molecular flexibility index (Phi) is 4.74. The van der Waals surface area contributed by atoms with Crippen LogP contribution in [0.1, 0.15) is 34.6 Å². The predicted octanol–water partition coefficient (Wildman–Crippen LogP) is 3.03. The minimum Gasteiger partial charge on any atom is -0.345 e. The lowest BCUT2D eigenvalue weighted by Gasteiger charge is -2.36. The minimum atomic E-state index is 0.0328. The van der Waals surface area contributed by atoms with Crippen LogP contribution < -0.4 is 5.32 Å². The molecule has 1 fully saturated rings. The summed E-state index contributed by atoms with van der Waals surface area (Å²) in [5.41, 5.74) is 3.11. The molecule has 1 N–H and O–H groups in total. The van der Waals surface area contributed by atoms with Gasteiger partial charge < -0.3 is 14.8 Å². The molecule has 1 unspecified atom stereocenters. The third-order valence-electron chi connectivity index (χ3n) is 4.47. The zero-order chi connectivity index (χ0) is 16.4. The van der Waals surface area contributed by atoms with Gasteiger partial charge in [-0.1, -0.05) is 42.8 Å². The first-order chi connectivity index (χ1) is 11.1. The van der Waals surface area contributed by atoms with E-state index >= 15 is 0 Å². The van der Waals surface area contributed by atoms with Crippen LogP contribution in [0.25, 0.3) is 0 Å². The molecule has 3 rings (SSSR count). The van der Waals surface area contributed by atoms with Crippen molar-refractivity contribution < 1.29 is 4.79 Å². The normalized spacial score (nSPS) is 18.2. The molecule has 4 nitrogen and oxygen atoms in total. The minimum absolute atomic E-state index is 0.0328. The standard InChI is InChI=1S/C18H22ClN3O/c1-3-13-4-6-14(7-5-13)17-11-20-8-9-22(17)18(23)16-10-15(19)12-21(16)2/h4-7,10,12,17,20H,3,8-9,11H2,1-2H3. The molecule has 0 bridgehead atoms. The highest BCUT2D eigenvalue weighted by Crippen LogP contribution is 2.25. The molecule has 1 aromatic carbocycles. The van der Waals surface area contributed by atoms with Gasteiger partial charge in [-0.3, -0.25) is 4.79 Å². The second-order valence-corrected chi connectivity index (χ2v) is 6.40. The van der Waals surface area contributed by atoms with E-state index in [-0.39, 0.29) is 11.9 Å². The first kappa shape index (κ1) is 16.1. The molecular formula is C18H22ClN3O. The summed E-state index contributed by atoms with van der Waals surface area (Å²) >= 11 is 6.03. The van der Waals surface area contributed by atoms with Crippen molar-refractivity contribution in [2.75, 3.05) is 19.6 Å². The summed E-state index contributed by atoms with van der Waals surface area (Å²) in [5, 5.41) is 3.98. The van der Waals surface area contributed by atoms with Crippen molar-refractivity contribution in [1.29, 1.82) is 0 Å². The molecule has 1 aliphatic rings. The van der Waals surface area contributed by atoms with Gasteiger partial charge in [-0.2, -0.15) is 0 Å². The number of aromatic nitrogens is 1. The molecule has 1 atom stereocenters. The van der Waals surface area contributed by atoms with E-state index in [4.69, 9.17) is 11.6 Å². The molecule has 2 aromatic rings. The number of amides is 1. The Labute approximate surface area is 142 Å². The van der Waals surface area contributed by atoms with Crippen LogP contribution in [-0.4, -0.2) is 35.0 Å². The summed E-state index contributed by atoms with van der Waals surface area (Å²) in [6.07, 6.45) is 2.79. The van der Waals surface area contributed by atoms with Gasteiger partial charge in [0.2, 0.25) is 0 Å². The maximum Gasteiger partial charge on any atom is 0.271 e. The molecule has 0 saturated carbocycles. The number of rotatable bonds is 3. The van der Waals surface area contributed by atoms with Crippen molar-refractivity contribution in [1.82, 2.24) is 14.8 Å². The van der Waals surface area contributed by atoms with Crippen molar-refractivity contribution in [2.24, 2.45) is 7.05 Å². The number of hydrogen-bond acceptors (Lipinski definition) is 2. The Bertz CT molecular complexity index is 693. The van der Waals surface area contributed by atoms with Crippen molar-refractivity contribution in [2.45, 2.75) is 19.4 Å². The van der Waals surface area contributed by atoms with Gasteiger partial charge >= 0.3 is 0 Å². The van der Waals surface area contributed by atoms with Gasteiger partial charge in [0.05, 0.1) is 11.1 Å². The number of hydrogen-bond donors (Lipinski definition) is 1. The van der Waals surface area contributed by atoms with Crippen LogP contribution in [0.3, 0.4) is 0 Å². The smallest absolute Gasteiger partial charge is 0.271 e. The molecule has 0 aliphatic carbocycles. The number of benzene rings is 1. The van der Waals surface area contributed by atoms with Crippen LogP contribution in [0.15, 0.2) is 36.5 Å². The molecule has 0 radical (unpaired) electrons. The van der Waals surface area contributed by atoms with E-state index in [9.17, 15) is 4.79 Å². The molecular weight excluding hydrogens is 310 g/mol. The summed E-state index contributed by atoms with van der Waals surface area (Å²) in [4.78, 5) is 14.9. The zero-order valence-electron chi connectivity index (χ0n) is 13.6. The van der Waals surface area contributed by atoms with Gasteiger partial charge in [0.15, 0.2) is 0 Å². The fourth-order valence-corrected chi connectivity index (χ4v) is 3.35. The van der Waals surface area contributed by atoms with E-state index in [1.54, 1.807) is 16.8 Å². The number of piperazine rings is 1. The van der Waals surface area contributed by atoms with Gasteiger partial charge in [-0.25, -0.2) is 0 Å². The summed E-state index contributed by atoms with van der Waals surface area (Å²) < 4.78 is 1.80. The number of halogens is 1. The van der Waals surface area contributed by atoms with Crippen LogP contribution in [0, 0.1) is 0 Å². The zero-order valence-corrected chi connectivity index (χ0v) is 14.3. The van der Waals surface area contributed by atoms with E-state index in [2.05, 4.69) is 36.5 Å². The Morgan fingerprint density at radius 1 is 1.35 bits per heavy atom. The SMILES string of the molecule is CCc1ccc(C2CNCCN2C(=O)c2cc(Cl)cn2C)cc1. The Morgan fingerprint density at radius 3 is 2.70 bits per heavy atom. The fraction of sp³-hybridized carbons (Fsp3) is 0.389. The van der Waals surface area contributed by atoms with Crippen molar-refractivity contribution >= 4 is 17.5 Å². The highest BCUT2D eigenvalue weighted by molar-refractivity contribution is 6.31. The van der Waals surface area contributed by atoms with Crippen LogP contribution in [-0.2, 0) is 13.5 Å². The lowest BCUT2D eigenvalue weighted by atomic mass is 10.0. The second-order valence-electron chi connectivity index (χ2n) is 5.97. The van der Waals surface area contributed by atoms with Gasteiger partial charge in [-0.05, 0) is 23.6 Å². The maximum atomic E-state index is 13.0. The van der Waals surface area contributed by atoms with Crippen LogP contribution >= 0.6 is 11.6 Å². The Morgan fingerprint density at radius 2 is 2.09 bits per heavy atom. The van der Waals surface area contributed by atoms with Gasteiger partial charge in [0.1, 0.15) is 5.69 Å². The molecule has 23 heavy (non-hydrogen) atoms. The van der Waals surface area contributed by atoms with E-state index in [0.717, 1.165) is 19.5 Å². The molecule has 0 spiro atoms. The number of nitrogens with zero attached hydrogens (tertiary/aromatic N) is 2. The van der Waals surface area contributed by atoms with Gasteiger partial charge in [0.25, 0.3) is 5.91 Å². The number of nitrogens with one attached hydrogen (secondary N) is 1. The summed E-state index contributed by atoms with van der Waals surface area (Å²) in [7, 11) is 1.85. The predicted molar refractivity (Wildman–Crippen MR) is 92.9 cm³/mol. The average Bonchev–Trinajstić information content (AvgIpc) is 2.92. The monoisotopic (exact) mass is 331 g/mol. The van der Waals surface area contributed by atoms with Crippen LogP contribution in [0.2, 0.25) is 5.02 Å². The first-order valence-corrected chi connectivity index (χ1v) is 8.40. The quantitative estimate of drug-likeness (QED) is 0.938. The largest absolute Gasteiger partial charge is 0.345 e. The third kappa shape index (κ3) is 3.28. The molecule has 1 saturated heterocycles. The Balaban J connectivity index is 1.88. The summed E-state index contributed by atoms with van der Waals surface area (Å²) in [6, 6.07) is 10.3. The fourth-order valence-electron chi connectivity index (χ4n) is 3.10. The molecule has 5 heteroatoms. The van der Waals surface area contributed by atoms with E-state index in [0.29, 0.717) is 17.3 Å². The molecule has 1 aliphatic heterocycles. The van der Waals surface area contributed by atoms with Crippen molar-refractivity contribution in [3.8, 4) is 0 Å². The lowest BCUT2D eigenvalue weighted by Crippen LogP contribution is -2.49. The Hall–Kier alpha value is -1.78. The van der Waals surface area contributed by atoms with Crippen LogP contribution in [0.4, 0.5) is 0 Å². The second kappa shape index (κ2) is 6.77. The molecule has 122 valence electrons. The van der Waals surface area contributed by atoms with E-state index in [1.165, 1.54) is 11.1 Å².